The van der Waals surface area contributed by atoms with Crippen LogP contribution in [0.25, 0.3) is 0 Å². The molecule has 0 amide bonds. The number of rotatable bonds is 1. The maximum Gasteiger partial charge on any atom is 0.429 e. The number of aliphatic hydroxyl groups excluding tert-OH is 1. The average Bonchev–Trinajstić information content (AvgIpc) is 2.75. The van der Waals surface area contributed by atoms with E-state index in [1.165, 1.54) is 0 Å². The molecule has 5 atom stereocenters. The van der Waals surface area contributed by atoms with E-state index < -0.39 is 66.9 Å². The molecular weight excluding hydrogens is 456 g/mol. The molecule has 1 unspecified atom stereocenters. The summed E-state index contributed by atoms with van der Waals surface area (Å²) in [6, 6.07) is 0. The van der Waals surface area contributed by atoms with Gasteiger partial charge in [0.25, 0.3) is 5.79 Å². The first-order chi connectivity index (χ1) is 12.0. The summed E-state index contributed by atoms with van der Waals surface area (Å²) < 4.78 is 98.4. The minimum atomic E-state index is -5.55. The molecule has 4 aliphatic rings. The Morgan fingerprint density at radius 2 is 1.19 bits per heavy atom. The highest BCUT2D eigenvalue weighted by Crippen LogP contribution is 2.64. The van der Waals surface area contributed by atoms with Crippen molar-refractivity contribution in [2.45, 2.75) is 29.1 Å². The first-order valence-corrected chi connectivity index (χ1v) is 10.1. The third-order valence-electron chi connectivity index (χ3n) is 3.70. The van der Waals surface area contributed by atoms with Gasteiger partial charge in [0.05, 0.1) is 0 Å². The van der Waals surface area contributed by atoms with E-state index in [0.29, 0.717) is 0 Å². The van der Waals surface area contributed by atoms with Gasteiger partial charge in [0.15, 0.2) is 0 Å². The Morgan fingerprint density at radius 3 is 1.78 bits per heavy atom. The second-order valence-electron chi connectivity index (χ2n) is 5.29. The molecule has 4 fully saturated rings. The van der Waals surface area contributed by atoms with Gasteiger partial charge in [-0.05, 0) is 0 Å². The first kappa shape index (κ1) is 19.7. The Balaban J connectivity index is 2.12. The zero-order chi connectivity index (χ0) is 20.4. The zero-order valence-corrected chi connectivity index (χ0v) is 14.4. The summed E-state index contributed by atoms with van der Waals surface area (Å²) in [6.07, 6.45) is 0. The molecule has 27 heavy (non-hydrogen) atoms. The lowest BCUT2D eigenvalue weighted by Gasteiger charge is -2.53. The Kier molecular flexibility index (Phi) is 3.46. The molecule has 0 aromatic carbocycles. The molecule has 4 aliphatic heterocycles. The van der Waals surface area contributed by atoms with Crippen molar-refractivity contribution in [2.75, 3.05) is 6.61 Å². The summed E-state index contributed by atoms with van der Waals surface area (Å²) in [5.74, 6) is -20.6. The lowest BCUT2D eigenvalue weighted by Crippen LogP contribution is -2.86. The largest absolute Gasteiger partial charge is 0.429 e. The third-order valence-corrected chi connectivity index (χ3v) is 6.17. The summed E-state index contributed by atoms with van der Waals surface area (Å²) in [7, 11) is -16.6. The Bertz CT molecular complexity index is 1030. The van der Waals surface area contributed by atoms with Crippen LogP contribution in [-0.2, 0) is 66.1 Å². The van der Waals surface area contributed by atoms with Crippen LogP contribution in [0.15, 0.2) is 0 Å². The minimum absolute atomic E-state index is 1.92. The molecule has 4 N–H and O–H groups in total. The van der Waals surface area contributed by atoms with Gasteiger partial charge < -0.3 is 20.4 Å². The van der Waals surface area contributed by atoms with E-state index in [9.17, 15) is 45.7 Å². The van der Waals surface area contributed by atoms with Crippen molar-refractivity contribution in [1.82, 2.24) is 0 Å². The zero-order valence-electron chi connectivity index (χ0n) is 11.9. The quantitative estimate of drug-likeness (QED) is 0.264. The standard InChI is InChI=1S/C6H6O18S3/c7-1-2-3(8)4(9,21-25(11,12)20-3)5(10)6(17-2,23-26(13,14)22-5)18-24-27(15,16)19-2/h7-10H,1H2/t2-,3-,4+,5-,6?/m1/s1. The van der Waals surface area contributed by atoms with Gasteiger partial charge in [-0.15, -0.1) is 4.89 Å². The van der Waals surface area contributed by atoms with Crippen molar-refractivity contribution in [3.8, 4) is 0 Å². The van der Waals surface area contributed by atoms with Crippen LogP contribution in [-0.4, -0.2) is 81.4 Å². The monoisotopic (exact) mass is 462 g/mol. The fraction of sp³-hybridized carbons (Fsp3) is 1.00. The van der Waals surface area contributed by atoms with Crippen LogP contribution >= 0.6 is 0 Å². The Labute approximate surface area is 148 Å². The number of fused-ring (bicyclic) bond motifs is 4. The number of aliphatic hydroxyl groups is 4. The van der Waals surface area contributed by atoms with Crippen molar-refractivity contribution < 1.29 is 80.6 Å². The van der Waals surface area contributed by atoms with Gasteiger partial charge in [-0.2, -0.15) is 33.6 Å². The molecule has 2 bridgehead atoms. The van der Waals surface area contributed by atoms with Crippen LogP contribution < -0.4 is 0 Å². The van der Waals surface area contributed by atoms with E-state index >= 15 is 0 Å². The molecule has 1 spiro atoms. The van der Waals surface area contributed by atoms with Crippen molar-refractivity contribution >= 4 is 31.2 Å². The third kappa shape index (κ3) is 2.09. The van der Waals surface area contributed by atoms with Crippen molar-refractivity contribution in [1.29, 1.82) is 0 Å². The average molecular weight is 462 g/mol. The maximum absolute atomic E-state index is 11.7. The summed E-state index contributed by atoms with van der Waals surface area (Å²) >= 11 is 0. The normalized spacial score (nSPS) is 54.7. The molecular formula is C6H6O18S3. The predicted octanol–water partition coefficient (Wildman–Crippen LogP) is -5.77. The van der Waals surface area contributed by atoms with E-state index in [-0.39, 0.29) is 0 Å². The molecule has 0 aromatic rings. The first-order valence-electron chi connectivity index (χ1n) is 6.14. The molecule has 0 radical (unpaired) electrons. The Hall–Kier alpha value is -0.630. The SMILES string of the molecule is O=S1(=O)OOC23O[C@](CO)(O1)[C@@]1(O)OS(=O)(=O)O[C@]1(O)[C@@]2(O)OS(=O)(=O)O3. The molecule has 0 saturated carbocycles. The van der Waals surface area contributed by atoms with Gasteiger partial charge >= 0.3 is 54.5 Å². The van der Waals surface area contributed by atoms with Crippen LogP contribution in [0.1, 0.15) is 0 Å². The molecule has 21 heteroatoms. The van der Waals surface area contributed by atoms with Crippen molar-refractivity contribution in [2.24, 2.45) is 0 Å². The van der Waals surface area contributed by atoms with E-state index in [0.717, 1.165) is 0 Å². The van der Waals surface area contributed by atoms with E-state index in [1.54, 1.807) is 0 Å². The van der Waals surface area contributed by atoms with E-state index in [2.05, 4.69) is 34.9 Å². The topological polar surface area (TPSA) is 257 Å². The van der Waals surface area contributed by atoms with Gasteiger partial charge in [-0.3, -0.25) is 4.74 Å². The van der Waals surface area contributed by atoms with Gasteiger partial charge in [-0.25, -0.2) is 12.5 Å². The number of hydrogen-bond acceptors (Lipinski definition) is 18. The molecule has 0 aliphatic carbocycles. The highest BCUT2D eigenvalue weighted by molar-refractivity contribution is 7.82. The fourth-order valence-corrected chi connectivity index (χ4v) is 5.48. The summed E-state index contributed by atoms with van der Waals surface area (Å²) in [4.78, 5) is 4.03. The van der Waals surface area contributed by atoms with Crippen LogP contribution in [0.2, 0.25) is 0 Å². The molecule has 0 aromatic heterocycles. The number of ether oxygens (including phenoxy) is 1. The molecule has 4 saturated heterocycles. The summed E-state index contributed by atoms with van der Waals surface area (Å²) in [6.45, 7) is -1.92. The predicted molar refractivity (Wildman–Crippen MR) is 62.8 cm³/mol. The highest BCUT2D eigenvalue weighted by Gasteiger charge is 2.97. The van der Waals surface area contributed by atoms with Crippen LogP contribution in [0.3, 0.4) is 0 Å². The number of hydrogen-bond donors (Lipinski definition) is 4. The van der Waals surface area contributed by atoms with E-state index in [4.69, 9.17) is 0 Å². The Morgan fingerprint density at radius 1 is 0.667 bits per heavy atom. The second-order valence-corrected chi connectivity index (χ2v) is 8.71. The second kappa shape index (κ2) is 4.74. The molecule has 4 heterocycles. The van der Waals surface area contributed by atoms with Crippen LogP contribution in [0.4, 0.5) is 0 Å². The lowest BCUT2D eigenvalue weighted by molar-refractivity contribution is -0.616. The highest BCUT2D eigenvalue weighted by atomic mass is 32.3. The van der Waals surface area contributed by atoms with Gasteiger partial charge in [0.2, 0.25) is 0 Å². The van der Waals surface area contributed by atoms with Crippen molar-refractivity contribution in [3.63, 3.8) is 0 Å². The van der Waals surface area contributed by atoms with Crippen LogP contribution in [0, 0.1) is 0 Å². The van der Waals surface area contributed by atoms with Gasteiger partial charge in [-0.1, -0.05) is 4.33 Å². The summed E-state index contributed by atoms with van der Waals surface area (Å²) in [5.41, 5.74) is 0. The van der Waals surface area contributed by atoms with Gasteiger partial charge in [0.1, 0.15) is 6.61 Å². The van der Waals surface area contributed by atoms with Gasteiger partial charge in [0, 0.05) is 0 Å². The van der Waals surface area contributed by atoms with Crippen molar-refractivity contribution in [3.05, 3.63) is 0 Å². The molecule has 4 rings (SSSR count). The smallest absolute Gasteiger partial charge is 0.390 e. The van der Waals surface area contributed by atoms with E-state index in [1.807, 2.05) is 0 Å². The fourth-order valence-electron chi connectivity index (χ4n) is 2.67. The molecule has 18 nitrogen and oxygen atoms in total. The van der Waals surface area contributed by atoms with Crippen LogP contribution in [0.5, 0.6) is 0 Å². The lowest BCUT2D eigenvalue weighted by atomic mass is 9.85. The maximum atomic E-state index is 11.7. The summed E-state index contributed by atoms with van der Waals surface area (Å²) in [5, 5.41) is 41.2. The minimum Gasteiger partial charge on any atom is -0.390 e. The molecule has 156 valence electrons.